The molecule has 0 bridgehead atoms. The van der Waals surface area contributed by atoms with E-state index in [4.69, 9.17) is 4.74 Å². The lowest BCUT2D eigenvalue weighted by Crippen LogP contribution is -1.99. The van der Waals surface area contributed by atoms with E-state index in [1.165, 1.54) is 16.7 Å². The molecule has 0 fully saturated rings. The number of benzene rings is 2. The Bertz CT molecular complexity index is 799. The lowest BCUT2D eigenvalue weighted by Gasteiger charge is -2.08. The molecule has 0 unspecified atom stereocenters. The van der Waals surface area contributed by atoms with Gasteiger partial charge in [-0.15, -0.1) is 5.10 Å². The van der Waals surface area contributed by atoms with Crippen LogP contribution in [0.2, 0.25) is 0 Å². The van der Waals surface area contributed by atoms with Crippen LogP contribution in [0.25, 0.3) is 5.69 Å². The van der Waals surface area contributed by atoms with Crippen molar-refractivity contribution in [1.29, 1.82) is 0 Å². The highest BCUT2D eigenvalue weighted by Gasteiger charge is 2.10. The third-order valence-corrected chi connectivity index (χ3v) is 4.59. The van der Waals surface area contributed by atoms with E-state index in [1.54, 1.807) is 23.6 Å². The maximum atomic E-state index is 5.18. The number of aryl methyl sites for hydroxylation is 2. The molecule has 0 saturated heterocycles. The van der Waals surface area contributed by atoms with Crippen molar-refractivity contribution < 1.29 is 4.74 Å². The monoisotopic (exact) mass is 326 g/mol. The average Bonchev–Trinajstić information content (AvgIpc) is 3.04. The van der Waals surface area contributed by atoms with Gasteiger partial charge in [0.25, 0.3) is 0 Å². The number of hydrogen-bond donors (Lipinski definition) is 0. The molecule has 118 valence electrons. The van der Waals surface area contributed by atoms with Gasteiger partial charge in [0.05, 0.1) is 12.8 Å². The minimum atomic E-state index is 0.774. The van der Waals surface area contributed by atoms with Gasteiger partial charge in [-0.1, -0.05) is 35.5 Å². The number of nitrogens with zero attached hydrogens (tertiary/aromatic N) is 4. The van der Waals surface area contributed by atoms with Crippen LogP contribution in [-0.2, 0) is 5.75 Å². The first-order valence-corrected chi connectivity index (χ1v) is 8.27. The lowest BCUT2D eigenvalue weighted by atomic mass is 10.1. The molecular formula is C17H18N4OS. The second kappa shape index (κ2) is 6.83. The van der Waals surface area contributed by atoms with Gasteiger partial charge in [0.1, 0.15) is 5.75 Å². The van der Waals surface area contributed by atoms with Crippen LogP contribution in [0, 0.1) is 13.8 Å². The number of ether oxygens (including phenoxy) is 1. The van der Waals surface area contributed by atoms with Crippen LogP contribution in [0.4, 0.5) is 0 Å². The van der Waals surface area contributed by atoms with Crippen LogP contribution < -0.4 is 4.74 Å². The van der Waals surface area contributed by atoms with Crippen molar-refractivity contribution in [1.82, 2.24) is 20.2 Å². The number of rotatable bonds is 5. The number of methoxy groups -OCH3 is 1. The van der Waals surface area contributed by atoms with Gasteiger partial charge in [0.15, 0.2) is 0 Å². The third kappa shape index (κ3) is 3.53. The largest absolute Gasteiger partial charge is 0.497 e. The molecule has 0 radical (unpaired) electrons. The summed E-state index contributed by atoms with van der Waals surface area (Å²) in [5, 5.41) is 12.8. The zero-order valence-corrected chi connectivity index (χ0v) is 14.2. The molecule has 1 heterocycles. The molecule has 5 nitrogen and oxygen atoms in total. The highest BCUT2D eigenvalue weighted by Crippen LogP contribution is 2.25. The highest BCUT2D eigenvalue weighted by atomic mass is 32.2. The smallest absolute Gasteiger partial charge is 0.214 e. The lowest BCUT2D eigenvalue weighted by molar-refractivity contribution is 0.414. The maximum absolute atomic E-state index is 5.18. The van der Waals surface area contributed by atoms with E-state index in [-0.39, 0.29) is 0 Å². The Morgan fingerprint density at radius 1 is 1.09 bits per heavy atom. The van der Waals surface area contributed by atoms with Gasteiger partial charge in [0.2, 0.25) is 5.16 Å². The van der Waals surface area contributed by atoms with Gasteiger partial charge in [-0.25, -0.2) is 0 Å². The van der Waals surface area contributed by atoms with E-state index in [0.717, 1.165) is 22.3 Å². The van der Waals surface area contributed by atoms with Crippen molar-refractivity contribution in [2.24, 2.45) is 0 Å². The summed E-state index contributed by atoms with van der Waals surface area (Å²) >= 11 is 1.63. The molecule has 0 spiro atoms. The molecule has 0 atom stereocenters. The Morgan fingerprint density at radius 3 is 2.61 bits per heavy atom. The first kappa shape index (κ1) is 15.6. The first-order valence-electron chi connectivity index (χ1n) is 7.29. The molecule has 0 N–H and O–H groups in total. The van der Waals surface area contributed by atoms with Crippen LogP contribution in [-0.4, -0.2) is 27.3 Å². The SMILES string of the molecule is COc1ccc(-n2nnnc2SCc2cc(C)ccc2C)cc1. The van der Waals surface area contributed by atoms with Gasteiger partial charge >= 0.3 is 0 Å². The molecule has 0 saturated carbocycles. The van der Waals surface area contributed by atoms with E-state index in [0.29, 0.717) is 0 Å². The molecule has 6 heteroatoms. The van der Waals surface area contributed by atoms with Crippen molar-refractivity contribution in [2.75, 3.05) is 7.11 Å². The van der Waals surface area contributed by atoms with Gasteiger partial charge in [-0.05, 0) is 59.7 Å². The van der Waals surface area contributed by atoms with E-state index in [9.17, 15) is 0 Å². The topological polar surface area (TPSA) is 52.8 Å². The fraction of sp³-hybridized carbons (Fsp3) is 0.235. The number of thioether (sulfide) groups is 1. The summed E-state index contributed by atoms with van der Waals surface area (Å²) in [6, 6.07) is 14.2. The van der Waals surface area contributed by atoms with Crippen molar-refractivity contribution >= 4 is 11.8 Å². The Morgan fingerprint density at radius 2 is 1.87 bits per heavy atom. The molecule has 0 aliphatic rings. The summed E-state index contributed by atoms with van der Waals surface area (Å²) in [7, 11) is 1.65. The van der Waals surface area contributed by atoms with Crippen molar-refractivity contribution in [3.63, 3.8) is 0 Å². The summed E-state index contributed by atoms with van der Waals surface area (Å²) in [4.78, 5) is 0. The Hall–Kier alpha value is -2.34. The van der Waals surface area contributed by atoms with Gasteiger partial charge in [0, 0.05) is 5.75 Å². The van der Waals surface area contributed by atoms with E-state index in [2.05, 4.69) is 47.6 Å². The Balaban J connectivity index is 1.79. The van der Waals surface area contributed by atoms with Gasteiger partial charge < -0.3 is 4.74 Å². The Labute approximate surface area is 139 Å². The quantitative estimate of drug-likeness (QED) is 0.671. The summed E-state index contributed by atoms with van der Waals surface area (Å²) in [6.45, 7) is 4.23. The van der Waals surface area contributed by atoms with Crippen LogP contribution >= 0.6 is 11.8 Å². The summed E-state index contributed by atoms with van der Waals surface area (Å²) in [6.07, 6.45) is 0. The molecule has 0 aliphatic carbocycles. The molecule has 23 heavy (non-hydrogen) atoms. The second-order valence-electron chi connectivity index (χ2n) is 5.29. The fourth-order valence-electron chi connectivity index (χ4n) is 2.25. The van der Waals surface area contributed by atoms with Crippen LogP contribution in [0.3, 0.4) is 0 Å². The third-order valence-electron chi connectivity index (χ3n) is 3.62. The zero-order chi connectivity index (χ0) is 16.2. The molecule has 0 aliphatic heterocycles. The number of aromatic nitrogens is 4. The first-order chi connectivity index (χ1) is 11.2. The van der Waals surface area contributed by atoms with Crippen LogP contribution in [0.15, 0.2) is 47.6 Å². The predicted octanol–water partition coefficient (Wildman–Crippen LogP) is 3.58. The standard InChI is InChI=1S/C17H18N4OS/c1-12-4-5-13(2)14(10-12)11-23-17-18-19-20-21(17)15-6-8-16(22-3)9-7-15/h4-10H,11H2,1-3H3. The molecule has 1 aromatic heterocycles. The second-order valence-corrected chi connectivity index (χ2v) is 6.23. The maximum Gasteiger partial charge on any atom is 0.214 e. The molecule has 2 aromatic carbocycles. The summed E-state index contributed by atoms with van der Waals surface area (Å²) in [5.41, 5.74) is 4.77. The zero-order valence-electron chi connectivity index (χ0n) is 13.4. The van der Waals surface area contributed by atoms with Crippen molar-refractivity contribution in [2.45, 2.75) is 24.8 Å². The summed E-state index contributed by atoms with van der Waals surface area (Å²) in [5.74, 6) is 1.65. The Kier molecular flexibility index (Phi) is 4.62. The number of hydrogen-bond acceptors (Lipinski definition) is 5. The van der Waals surface area contributed by atoms with Gasteiger partial charge in [-0.3, -0.25) is 0 Å². The molecule has 0 amide bonds. The summed E-state index contributed by atoms with van der Waals surface area (Å²) < 4.78 is 6.93. The van der Waals surface area contributed by atoms with Crippen molar-refractivity contribution in [3.8, 4) is 11.4 Å². The van der Waals surface area contributed by atoms with Crippen LogP contribution in [0.5, 0.6) is 5.75 Å². The molecule has 3 rings (SSSR count). The predicted molar refractivity (Wildman–Crippen MR) is 91.2 cm³/mol. The van der Waals surface area contributed by atoms with Crippen molar-refractivity contribution in [3.05, 3.63) is 59.2 Å². The molecule has 3 aromatic rings. The van der Waals surface area contributed by atoms with E-state index < -0.39 is 0 Å². The average molecular weight is 326 g/mol. The minimum Gasteiger partial charge on any atom is -0.497 e. The van der Waals surface area contributed by atoms with Crippen LogP contribution in [0.1, 0.15) is 16.7 Å². The highest BCUT2D eigenvalue weighted by molar-refractivity contribution is 7.98. The molecular weight excluding hydrogens is 308 g/mol. The fourth-order valence-corrected chi connectivity index (χ4v) is 3.21. The van der Waals surface area contributed by atoms with E-state index in [1.807, 2.05) is 24.3 Å². The van der Waals surface area contributed by atoms with Gasteiger partial charge in [-0.2, -0.15) is 4.68 Å². The normalized spacial score (nSPS) is 10.7. The van der Waals surface area contributed by atoms with E-state index >= 15 is 0 Å². The minimum absolute atomic E-state index is 0.774. The number of tetrazole rings is 1.